The Balaban J connectivity index is 1.25. The van der Waals surface area contributed by atoms with Crippen LogP contribution in [-0.4, -0.2) is 60.2 Å². The number of nitrogens with zero attached hydrogens (tertiary/aromatic N) is 8. The van der Waals surface area contributed by atoms with E-state index in [-0.39, 0.29) is 0 Å². The lowest BCUT2D eigenvalue weighted by molar-refractivity contribution is 0.373. The highest BCUT2D eigenvalue weighted by atomic mass is 15.3. The fourth-order valence-corrected chi connectivity index (χ4v) is 3.84. The minimum absolute atomic E-state index is 0.561. The Morgan fingerprint density at radius 1 is 0.838 bits per heavy atom. The second-order valence-electron chi connectivity index (χ2n) is 9.08. The van der Waals surface area contributed by atoms with Gasteiger partial charge < -0.3 is 10.2 Å². The summed E-state index contributed by atoms with van der Waals surface area (Å²) in [5, 5.41) is 7.74. The van der Waals surface area contributed by atoms with Gasteiger partial charge in [0.25, 0.3) is 0 Å². The normalized spacial score (nSPS) is 11.1. The molecule has 0 fully saturated rings. The highest BCUT2D eigenvalue weighted by Gasteiger charge is 2.08. The van der Waals surface area contributed by atoms with Crippen molar-refractivity contribution in [3.63, 3.8) is 0 Å². The molecule has 186 valence electrons. The van der Waals surface area contributed by atoms with Gasteiger partial charge in [-0.25, -0.2) is 24.9 Å². The molecule has 0 bridgehead atoms. The molecule has 0 amide bonds. The fourth-order valence-electron chi connectivity index (χ4n) is 3.84. The second kappa shape index (κ2) is 11.0. The number of aromatic nitrogens is 7. The van der Waals surface area contributed by atoms with Crippen molar-refractivity contribution in [2.75, 3.05) is 26.0 Å². The Kier molecular flexibility index (Phi) is 7.23. The van der Waals surface area contributed by atoms with Gasteiger partial charge >= 0.3 is 0 Å². The smallest absolute Gasteiger partial charge is 0.180 e. The standard InChI is InChI=1S/C28H29N9/c1-20-5-4-6-24(32-20)28-30-14-12-26(35-28)33-25-11-13-29-27(34-25)17-21-7-9-22(10-8-21)23-18-31-37(19-23)16-15-36(2)3/h4-14,18-19H,15-17H2,1-3H3,(H,29,30,33,34,35). The Labute approximate surface area is 216 Å². The van der Waals surface area contributed by atoms with Crippen molar-refractivity contribution < 1.29 is 0 Å². The first-order valence-corrected chi connectivity index (χ1v) is 12.1. The molecule has 0 aliphatic heterocycles. The molecule has 5 aromatic rings. The summed E-state index contributed by atoms with van der Waals surface area (Å²) in [5.41, 5.74) is 5.03. The first-order valence-electron chi connectivity index (χ1n) is 12.1. The molecule has 0 radical (unpaired) electrons. The number of hydrogen-bond acceptors (Lipinski definition) is 8. The molecule has 37 heavy (non-hydrogen) atoms. The van der Waals surface area contributed by atoms with Gasteiger partial charge in [0.1, 0.15) is 23.2 Å². The first-order chi connectivity index (χ1) is 18.0. The third-order valence-corrected chi connectivity index (χ3v) is 5.79. The lowest BCUT2D eigenvalue weighted by Crippen LogP contribution is -2.18. The van der Waals surface area contributed by atoms with E-state index in [9.17, 15) is 0 Å². The van der Waals surface area contributed by atoms with E-state index in [1.807, 2.05) is 48.1 Å². The summed E-state index contributed by atoms with van der Waals surface area (Å²) in [7, 11) is 4.13. The molecule has 0 spiro atoms. The van der Waals surface area contributed by atoms with Gasteiger partial charge in [-0.3, -0.25) is 4.68 Å². The molecule has 0 aliphatic carbocycles. The Morgan fingerprint density at radius 2 is 1.62 bits per heavy atom. The number of aryl methyl sites for hydroxylation is 1. The van der Waals surface area contributed by atoms with Crippen molar-refractivity contribution >= 4 is 11.6 Å². The molecule has 0 aliphatic rings. The summed E-state index contributed by atoms with van der Waals surface area (Å²) in [6.07, 6.45) is 8.09. The Hall–Kier alpha value is -4.50. The molecule has 1 N–H and O–H groups in total. The minimum atomic E-state index is 0.561. The second-order valence-corrected chi connectivity index (χ2v) is 9.08. The van der Waals surface area contributed by atoms with Crippen molar-refractivity contribution in [1.29, 1.82) is 0 Å². The third-order valence-electron chi connectivity index (χ3n) is 5.79. The topological polar surface area (TPSA) is 97.5 Å². The van der Waals surface area contributed by atoms with E-state index >= 15 is 0 Å². The van der Waals surface area contributed by atoms with Crippen LogP contribution in [0.2, 0.25) is 0 Å². The Bertz CT molecular complexity index is 1480. The van der Waals surface area contributed by atoms with Gasteiger partial charge in [0.2, 0.25) is 0 Å². The van der Waals surface area contributed by atoms with Gasteiger partial charge in [0, 0.05) is 42.8 Å². The highest BCUT2D eigenvalue weighted by molar-refractivity contribution is 5.62. The summed E-state index contributed by atoms with van der Waals surface area (Å²) in [6, 6.07) is 17.9. The van der Waals surface area contributed by atoms with Crippen molar-refractivity contribution in [1.82, 2.24) is 39.6 Å². The number of pyridine rings is 1. The molecule has 4 heterocycles. The zero-order valence-corrected chi connectivity index (χ0v) is 21.2. The number of hydrogen-bond donors (Lipinski definition) is 1. The SMILES string of the molecule is Cc1cccc(-c2nccc(Nc3ccnc(Cc4ccc(-c5cnn(CCN(C)C)c5)cc4)n3)n2)n1. The van der Waals surface area contributed by atoms with Crippen LogP contribution in [0, 0.1) is 6.92 Å². The number of benzene rings is 1. The summed E-state index contributed by atoms with van der Waals surface area (Å²) in [5.74, 6) is 2.61. The summed E-state index contributed by atoms with van der Waals surface area (Å²) in [6.45, 7) is 3.77. The molecular formula is C28H29N9. The maximum Gasteiger partial charge on any atom is 0.180 e. The predicted octanol–water partition coefficient (Wildman–Crippen LogP) is 4.40. The molecule has 9 nitrogen and oxygen atoms in total. The number of rotatable bonds is 9. The van der Waals surface area contributed by atoms with Gasteiger partial charge in [0.05, 0.1) is 12.7 Å². The van der Waals surface area contributed by atoms with E-state index in [2.05, 4.69) is 84.8 Å². The predicted molar refractivity (Wildman–Crippen MR) is 144 cm³/mol. The van der Waals surface area contributed by atoms with E-state index in [1.165, 1.54) is 0 Å². The van der Waals surface area contributed by atoms with Gasteiger partial charge in [-0.1, -0.05) is 30.3 Å². The first kappa shape index (κ1) is 24.2. The highest BCUT2D eigenvalue weighted by Crippen LogP contribution is 2.21. The fraction of sp³-hybridized carbons (Fsp3) is 0.214. The van der Waals surface area contributed by atoms with Crippen molar-refractivity contribution in [2.45, 2.75) is 19.9 Å². The summed E-state index contributed by atoms with van der Waals surface area (Å²) >= 11 is 0. The van der Waals surface area contributed by atoms with Crippen LogP contribution in [-0.2, 0) is 13.0 Å². The van der Waals surface area contributed by atoms with Crippen LogP contribution >= 0.6 is 0 Å². The molecule has 1 aromatic carbocycles. The molecule has 0 saturated carbocycles. The number of nitrogens with one attached hydrogen (secondary N) is 1. The maximum absolute atomic E-state index is 4.68. The average Bonchev–Trinajstić information content (AvgIpc) is 3.38. The Morgan fingerprint density at radius 3 is 2.41 bits per heavy atom. The quantitative estimate of drug-likeness (QED) is 0.324. The van der Waals surface area contributed by atoms with Crippen LogP contribution in [0.3, 0.4) is 0 Å². The molecular weight excluding hydrogens is 462 g/mol. The van der Waals surface area contributed by atoms with Crippen LogP contribution in [0.25, 0.3) is 22.6 Å². The van der Waals surface area contributed by atoms with Gasteiger partial charge in [-0.05, 0) is 56.4 Å². The summed E-state index contributed by atoms with van der Waals surface area (Å²) in [4.78, 5) is 24.8. The van der Waals surface area contributed by atoms with Gasteiger partial charge in [-0.2, -0.15) is 5.10 Å². The molecule has 4 aromatic heterocycles. The van der Waals surface area contributed by atoms with Crippen LogP contribution in [0.1, 0.15) is 17.1 Å². The molecule has 0 unspecified atom stereocenters. The molecule has 9 heteroatoms. The van der Waals surface area contributed by atoms with Crippen molar-refractivity contribution in [3.8, 4) is 22.6 Å². The minimum Gasteiger partial charge on any atom is -0.325 e. The van der Waals surface area contributed by atoms with Crippen LogP contribution in [0.5, 0.6) is 0 Å². The van der Waals surface area contributed by atoms with E-state index in [1.54, 1.807) is 12.4 Å². The zero-order chi connectivity index (χ0) is 25.6. The average molecular weight is 492 g/mol. The van der Waals surface area contributed by atoms with E-state index in [0.717, 1.165) is 47.0 Å². The van der Waals surface area contributed by atoms with Gasteiger partial charge in [-0.15, -0.1) is 0 Å². The lowest BCUT2D eigenvalue weighted by atomic mass is 10.1. The van der Waals surface area contributed by atoms with Crippen LogP contribution in [0.15, 0.2) is 79.4 Å². The van der Waals surface area contributed by atoms with Crippen LogP contribution < -0.4 is 5.32 Å². The van der Waals surface area contributed by atoms with Crippen molar-refractivity contribution in [2.24, 2.45) is 0 Å². The largest absolute Gasteiger partial charge is 0.325 e. The molecule has 0 saturated heterocycles. The number of anilines is 2. The van der Waals surface area contributed by atoms with Crippen molar-refractivity contribution in [3.05, 3.63) is 96.5 Å². The molecule has 0 atom stereocenters. The zero-order valence-electron chi connectivity index (χ0n) is 21.2. The van der Waals surface area contributed by atoms with E-state index in [0.29, 0.717) is 23.9 Å². The van der Waals surface area contributed by atoms with E-state index in [4.69, 9.17) is 0 Å². The third kappa shape index (κ3) is 6.39. The van der Waals surface area contributed by atoms with E-state index < -0.39 is 0 Å². The van der Waals surface area contributed by atoms with Crippen LogP contribution in [0.4, 0.5) is 11.6 Å². The monoisotopic (exact) mass is 491 g/mol. The summed E-state index contributed by atoms with van der Waals surface area (Å²) < 4.78 is 1.98. The number of likely N-dealkylation sites (N-methyl/N-ethyl adjacent to an activating group) is 1. The maximum atomic E-state index is 4.68. The lowest BCUT2D eigenvalue weighted by Gasteiger charge is -2.08. The molecule has 5 rings (SSSR count). The van der Waals surface area contributed by atoms with Gasteiger partial charge in [0.15, 0.2) is 5.82 Å².